The van der Waals surface area contributed by atoms with Crippen LogP contribution in [-0.2, 0) is 10.5 Å². The average molecular weight is 315 g/mol. The summed E-state index contributed by atoms with van der Waals surface area (Å²) in [6.07, 6.45) is -1.58. The second kappa shape index (κ2) is 4.80. The van der Waals surface area contributed by atoms with Crippen LogP contribution in [0.4, 0.5) is 14.6 Å². The molecule has 22 heavy (non-hydrogen) atoms. The Balaban J connectivity index is 2.15. The van der Waals surface area contributed by atoms with E-state index < -0.39 is 36.8 Å². The molecule has 0 bridgehead atoms. The number of hydrogen-bond acceptors (Lipinski definition) is 7. The molecule has 1 aliphatic heterocycles. The average Bonchev–Trinajstić information content (AvgIpc) is 3.02. The fourth-order valence-electron chi connectivity index (χ4n) is 2.71. The predicted octanol–water partition coefficient (Wildman–Crippen LogP) is -0.298. The van der Waals surface area contributed by atoms with Crippen molar-refractivity contribution in [1.82, 2.24) is 19.5 Å². The number of aliphatic hydroxyl groups excluding tert-OH is 2. The number of nitrogens with two attached hydrogens (primary N) is 1. The van der Waals surface area contributed by atoms with Crippen molar-refractivity contribution in [3.05, 3.63) is 12.4 Å². The van der Waals surface area contributed by atoms with Gasteiger partial charge in [0.15, 0.2) is 17.0 Å². The molecule has 3 atom stereocenters. The van der Waals surface area contributed by atoms with Crippen LogP contribution >= 0.6 is 0 Å². The van der Waals surface area contributed by atoms with Crippen LogP contribution in [0.1, 0.15) is 13.3 Å². The Labute approximate surface area is 123 Å². The van der Waals surface area contributed by atoms with Crippen LogP contribution in [0.15, 0.2) is 6.33 Å². The van der Waals surface area contributed by atoms with E-state index in [9.17, 15) is 14.6 Å². The van der Waals surface area contributed by atoms with Gasteiger partial charge >= 0.3 is 6.08 Å². The van der Waals surface area contributed by atoms with Crippen molar-refractivity contribution in [1.29, 1.82) is 0 Å². The molecule has 0 aromatic carbocycles. The van der Waals surface area contributed by atoms with E-state index in [1.165, 1.54) is 0 Å². The van der Waals surface area contributed by atoms with Crippen LogP contribution in [0.2, 0.25) is 0 Å². The third-order valence-corrected chi connectivity index (χ3v) is 4.14. The largest absolute Gasteiger partial charge is 0.393 e. The van der Waals surface area contributed by atoms with E-state index in [1.54, 1.807) is 6.92 Å². The van der Waals surface area contributed by atoms with Gasteiger partial charge in [-0.3, -0.25) is 4.57 Å². The molecule has 1 aliphatic rings. The zero-order valence-corrected chi connectivity index (χ0v) is 11.7. The second-order valence-electron chi connectivity index (χ2n) is 5.25. The minimum absolute atomic E-state index is 0.0172. The third-order valence-electron chi connectivity index (χ3n) is 4.14. The Morgan fingerprint density at radius 3 is 2.86 bits per heavy atom. The lowest BCUT2D eigenvalue weighted by Crippen LogP contribution is -2.50. The Kier molecular flexibility index (Phi) is 3.27. The molecule has 120 valence electrons. The first kappa shape index (κ1) is 15.0. The molecule has 4 N–H and O–H groups in total. The van der Waals surface area contributed by atoms with Gasteiger partial charge in [-0.15, -0.1) is 0 Å². The number of ether oxygens (including phenoxy) is 1. The molecule has 0 amide bonds. The SMILES string of the molecule is CC[C@]1(CO)OC[C@](F)(n2cnc3c(N)nc(F)nc32)[C@@H]1O. The predicted molar refractivity (Wildman–Crippen MR) is 70.8 cm³/mol. The molecule has 2 aromatic rings. The zero-order valence-electron chi connectivity index (χ0n) is 11.7. The van der Waals surface area contributed by atoms with Crippen LogP contribution in [0.3, 0.4) is 0 Å². The summed E-state index contributed by atoms with van der Waals surface area (Å²) in [6.45, 7) is 0.547. The number of aliphatic hydroxyl groups is 2. The Morgan fingerprint density at radius 2 is 2.27 bits per heavy atom. The van der Waals surface area contributed by atoms with E-state index in [0.717, 1.165) is 10.9 Å². The van der Waals surface area contributed by atoms with E-state index in [-0.39, 0.29) is 23.4 Å². The normalized spacial score (nSPS) is 32.0. The van der Waals surface area contributed by atoms with Crippen LogP contribution in [-0.4, -0.2) is 54.7 Å². The van der Waals surface area contributed by atoms with Crippen molar-refractivity contribution in [2.45, 2.75) is 30.8 Å². The number of anilines is 1. The summed E-state index contributed by atoms with van der Waals surface area (Å²) in [7, 11) is 0. The van der Waals surface area contributed by atoms with Crippen molar-refractivity contribution in [3.8, 4) is 0 Å². The summed E-state index contributed by atoms with van der Waals surface area (Å²) in [4.78, 5) is 10.7. The summed E-state index contributed by atoms with van der Waals surface area (Å²) < 4.78 is 34.9. The third kappa shape index (κ3) is 1.81. The molecule has 8 nitrogen and oxygen atoms in total. The van der Waals surface area contributed by atoms with E-state index in [1.807, 2.05) is 0 Å². The number of rotatable bonds is 3. The highest BCUT2D eigenvalue weighted by Gasteiger charge is 2.59. The Bertz CT molecular complexity index is 720. The first-order chi connectivity index (χ1) is 10.4. The van der Waals surface area contributed by atoms with Gasteiger partial charge in [0, 0.05) is 0 Å². The van der Waals surface area contributed by atoms with Crippen molar-refractivity contribution in [2.24, 2.45) is 0 Å². The quantitative estimate of drug-likeness (QED) is 0.665. The Morgan fingerprint density at radius 1 is 1.55 bits per heavy atom. The van der Waals surface area contributed by atoms with E-state index >= 15 is 4.39 Å². The number of nitrogen functional groups attached to an aromatic ring is 1. The summed E-state index contributed by atoms with van der Waals surface area (Å²) >= 11 is 0. The van der Waals surface area contributed by atoms with Crippen LogP contribution in [0.5, 0.6) is 0 Å². The number of hydrogen-bond donors (Lipinski definition) is 3. The summed E-state index contributed by atoms with van der Waals surface area (Å²) in [6, 6.07) is 0. The topological polar surface area (TPSA) is 119 Å². The second-order valence-corrected chi connectivity index (χ2v) is 5.25. The molecule has 1 saturated heterocycles. The maximum Gasteiger partial charge on any atom is 0.312 e. The number of halogens is 2. The lowest BCUT2D eigenvalue weighted by Gasteiger charge is -2.31. The van der Waals surface area contributed by atoms with Gasteiger partial charge in [0.1, 0.15) is 18.3 Å². The number of aromatic nitrogens is 4. The van der Waals surface area contributed by atoms with Gasteiger partial charge in [-0.1, -0.05) is 6.92 Å². The van der Waals surface area contributed by atoms with Crippen molar-refractivity contribution < 1.29 is 23.7 Å². The number of fused-ring (bicyclic) bond motifs is 1. The molecule has 0 unspecified atom stereocenters. The highest BCUT2D eigenvalue weighted by Crippen LogP contribution is 2.42. The molecule has 3 rings (SSSR count). The summed E-state index contributed by atoms with van der Waals surface area (Å²) in [5.41, 5.74) is 3.91. The molecule has 0 saturated carbocycles. The summed E-state index contributed by atoms with van der Waals surface area (Å²) in [5, 5.41) is 19.8. The van der Waals surface area contributed by atoms with Gasteiger partial charge in [-0.25, -0.2) is 9.37 Å². The van der Waals surface area contributed by atoms with Gasteiger partial charge in [0.2, 0.25) is 5.79 Å². The lowest BCUT2D eigenvalue weighted by atomic mass is 9.91. The molecule has 2 aromatic heterocycles. The molecule has 3 heterocycles. The molecular weight excluding hydrogens is 300 g/mol. The highest BCUT2D eigenvalue weighted by atomic mass is 19.1. The van der Waals surface area contributed by atoms with E-state index in [4.69, 9.17) is 10.5 Å². The standard InChI is InChI=1S/C12H15F2N5O3/c1-2-11(3-20)9(21)12(14,4-22-11)19-5-16-6-7(15)17-10(13)18-8(6)19/h5,9,20-21H,2-4H2,1H3,(H2,15,17,18)/t9-,11-,12+/m1/s1. The van der Waals surface area contributed by atoms with E-state index in [2.05, 4.69) is 15.0 Å². The van der Waals surface area contributed by atoms with Crippen molar-refractivity contribution >= 4 is 17.0 Å². The minimum Gasteiger partial charge on any atom is -0.393 e. The van der Waals surface area contributed by atoms with Crippen molar-refractivity contribution in [3.63, 3.8) is 0 Å². The van der Waals surface area contributed by atoms with Gasteiger partial charge < -0.3 is 20.7 Å². The maximum absolute atomic E-state index is 15.3. The molecular formula is C12H15F2N5O3. The fraction of sp³-hybridized carbons (Fsp3) is 0.583. The molecule has 1 fully saturated rings. The first-order valence-electron chi connectivity index (χ1n) is 6.66. The molecule has 0 aliphatic carbocycles. The van der Waals surface area contributed by atoms with Gasteiger partial charge in [0.05, 0.1) is 12.9 Å². The highest BCUT2D eigenvalue weighted by molar-refractivity contribution is 5.81. The fourth-order valence-corrected chi connectivity index (χ4v) is 2.71. The number of imidazole rings is 1. The van der Waals surface area contributed by atoms with Crippen molar-refractivity contribution in [2.75, 3.05) is 18.9 Å². The first-order valence-corrected chi connectivity index (χ1v) is 6.66. The van der Waals surface area contributed by atoms with Crippen LogP contribution in [0, 0.1) is 6.08 Å². The molecule has 0 spiro atoms. The lowest BCUT2D eigenvalue weighted by molar-refractivity contribution is -0.107. The minimum atomic E-state index is -2.46. The summed E-state index contributed by atoms with van der Waals surface area (Å²) in [5.74, 6) is -2.69. The molecule has 10 heteroatoms. The van der Waals surface area contributed by atoms with Crippen LogP contribution in [0.25, 0.3) is 11.2 Å². The maximum atomic E-state index is 15.3. The number of alkyl halides is 1. The molecule has 0 radical (unpaired) electrons. The zero-order chi connectivity index (χ0) is 16.1. The van der Waals surface area contributed by atoms with E-state index in [0.29, 0.717) is 0 Å². The monoisotopic (exact) mass is 315 g/mol. The Hall–Kier alpha value is -1.91. The van der Waals surface area contributed by atoms with Gasteiger partial charge in [-0.05, 0) is 6.42 Å². The number of nitrogens with zero attached hydrogens (tertiary/aromatic N) is 4. The van der Waals surface area contributed by atoms with Gasteiger partial charge in [-0.2, -0.15) is 14.4 Å². The van der Waals surface area contributed by atoms with Crippen LogP contribution < -0.4 is 5.73 Å². The smallest absolute Gasteiger partial charge is 0.312 e. The van der Waals surface area contributed by atoms with Gasteiger partial charge in [0.25, 0.3) is 0 Å².